The highest BCUT2D eigenvalue weighted by atomic mass is 16.2. The van der Waals surface area contributed by atoms with E-state index in [4.69, 9.17) is 5.11 Å². The van der Waals surface area contributed by atoms with Gasteiger partial charge >= 0.3 is 0 Å². The van der Waals surface area contributed by atoms with E-state index >= 15 is 0 Å². The molecule has 4 heteroatoms. The second-order valence-corrected chi connectivity index (χ2v) is 3.11. The molecule has 0 fully saturated rings. The lowest BCUT2D eigenvalue weighted by atomic mass is 9.92. The smallest absolute Gasteiger partial charge is 0.195 e. The monoisotopic (exact) mass is 178 g/mol. The molecular weight excluding hydrogens is 168 g/mol. The molecule has 1 aliphatic carbocycles. The van der Waals surface area contributed by atoms with Crippen LogP contribution in [0.15, 0.2) is 18.0 Å². The van der Waals surface area contributed by atoms with E-state index in [9.17, 15) is 4.79 Å². The first-order chi connectivity index (χ1) is 6.24. The van der Waals surface area contributed by atoms with Crippen molar-refractivity contribution in [2.24, 2.45) is 7.05 Å². The molecule has 0 amide bonds. The van der Waals surface area contributed by atoms with Gasteiger partial charge < -0.3 is 5.11 Å². The fourth-order valence-electron chi connectivity index (χ4n) is 1.61. The molecule has 4 nitrogen and oxygen atoms in total. The predicted octanol–water partition coefficient (Wildman–Crippen LogP) is 0.991. The Bertz CT molecular complexity index is 390. The normalized spacial score (nSPS) is 19.2. The minimum atomic E-state index is -0.100. The summed E-state index contributed by atoms with van der Waals surface area (Å²) in [5, 5.41) is 12.8. The van der Waals surface area contributed by atoms with Crippen LogP contribution in [0.4, 0.5) is 0 Å². The van der Waals surface area contributed by atoms with E-state index in [0.717, 1.165) is 18.4 Å². The molecule has 68 valence electrons. The fourth-order valence-corrected chi connectivity index (χ4v) is 1.61. The summed E-state index contributed by atoms with van der Waals surface area (Å²) in [4.78, 5) is 11.6. The Balaban J connectivity index is 2.52. The van der Waals surface area contributed by atoms with Crippen LogP contribution in [0.2, 0.25) is 0 Å². The molecule has 0 saturated heterocycles. The molecule has 1 aromatic rings. The zero-order chi connectivity index (χ0) is 9.42. The lowest BCUT2D eigenvalue weighted by Gasteiger charge is -2.12. The maximum absolute atomic E-state index is 11.6. The number of aromatic nitrogens is 2. The summed E-state index contributed by atoms with van der Waals surface area (Å²) in [6, 6.07) is 0. The first-order valence-corrected chi connectivity index (χ1v) is 4.13. The third-order valence-electron chi connectivity index (χ3n) is 2.38. The molecule has 2 rings (SSSR count). The number of aryl methyl sites for hydroxylation is 1. The molecule has 0 aromatic carbocycles. The molecule has 1 N–H and O–H groups in total. The summed E-state index contributed by atoms with van der Waals surface area (Å²) >= 11 is 0. The van der Waals surface area contributed by atoms with E-state index in [-0.39, 0.29) is 5.78 Å². The van der Waals surface area contributed by atoms with Crippen molar-refractivity contribution in [3.05, 3.63) is 29.3 Å². The largest absolute Gasteiger partial charge is 0.515 e. The number of ketones is 1. The van der Waals surface area contributed by atoms with Gasteiger partial charge in [-0.1, -0.05) is 0 Å². The average molecular weight is 178 g/mol. The van der Waals surface area contributed by atoms with Crippen molar-refractivity contribution in [3.63, 3.8) is 0 Å². The van der Waals surface area contributed by atoms with Crippen LogP contribution in [0.1, 0.15) is 22.5 Å². The van der Waals surface area contributed by atoms with Crippen molar-refractivity contribution < 1.29 is 9.90 Å². The Kier molecular flexibility index (Phi) is 1.69. The van der Waals surface area contributed by atoms with Crippen molar-refractivity contribution in [2.75, 3.05) is 0 Å². The van der Waals surface area contributed by atoms with Crippen LogP contribution < -0.4 is 0 Å². The molecule has 0 radical (unpaired) electrons. The number of nitrogens with zero attached hydrogens (tertiary/aromatic N) is 2. The average Bonchev–Trinajstić information content (AvgIpc) is 2.50. The summed E-state index contributed by atoms with van der Waals surface area (Å²) in [5.41, 5.74) is 2.05. The first kappa shape index (κ1) is 8.04. The topological polar surface area (TPSA) is 55.1 Å². The number of allylic oxidation sites excluding steroid dienone is 1. The molecular formula is C9H10N2O2. The maximum atomic E-state index is 11.6. The Morgan fingerprint density at radius 2 is 2.38 bits per heavy atom. The summed E-state index contributed by atoms with van der Waals surface area (Å²) < 4.78 is 1.71. The number of carbonyl (C=O) groups excluding carboxylic acids is 1. The van der Waals surface area contributed by atoms with Crippen LogP contribution in [0, 0.1) is 0 Å². The molecule has 0 spiro atoms. The zero-order valence-electron chi connectivity index (χ0n) is 7.32. The number of fused-ring (bicyclic) bond motifs is 1. The van der Waals surface area contributed by atoms with E-state index in [1.807, 2.05) is 7.05 Å². The third-order valence-corrected chi connectivity index (χ3v) is 2.38. The first-order valence-electron chi connectivity index (χ1n) is 4.13. The van der Waals surface area contributed by atoms with Crippen LogP contribution in [-0.4, -0.2) is 20.7 Å². The molecule has 0 atom stereocenters. The summed E-state index contributed by atoms with van der Waals surface area (Å²) in [6.07, 6.45) is 3.82. The van der Waals surface area contributed by atoms with Crippen molar-refractivity contribution in [1.29, 1.82) is 0 Å². The van der Waals surface area contributed by atoms with Crippen molar-refractivity contribution in [1.82, 2.24) is 9.78 Å². The van der Waals surface area contributed by atoms with Crippen LogP contribution in [0.25, 0.3) is 0 Å². The number of Topliss-reactive ketones (excluding diaryl/α,β-unsaturated/α-hetero) is 1. The lowest BCUT2D eigenvalue weighted by Crippen LogP contribution is -2.14. The minimum absolute atomic E-state index is 0.100. The highest BCUT2D eigenvalue weighted by molar-refractivity contribution is 6.10. The van der Waals surface area contributed by atoms with Gasteiger partial charge in [0.2, 0.25) is 0 Å². The number of carbonyl (C=O) groups is 1. The van der Waals surface area contributed by atoms with Crippen LogP contribution in [-0.2, 0) is 13.5 Å². The number of aliphatic hydroxyl groups excluding tert-OH is 1. The molecule has 0 saturated carbocycles. The van der Waals surface area contributed by atoms with Crippen LogP contribution in [0.5, 0.6) is 0 Å². The van der Waals surface area contributed by atoms with E-state index < -0.39 is 0 Å². The standard InChI is InChI=1S/C9H10N2O2/c1-11-8-3-2-6(5-12)9(13)7(8)4-10-11/h4-5,12H,2-3H2,1H3. The lowest BCUT2D eigenvalue weighted by molar-refractivity contribution is 0.102. The van der Waals surface area contributed by atoms with Gasteiger partial charge in [0.05, 0.1) is 18.0 Å². The summed E-state index contributed by atoms with van der Waals surface area (Å²) in [5.74, 6) is -0.100. The van der Waals surface area contributed by atoms with Gasteiger partial charge in [-0.05, 0) is 12.8 Å². The molecule has 13 heavy (non-hydrogen) atoms. The van der Waals surface area contributed by atoms with Crippen LogP contribution >= 0.6 is 0 Å². The van der Waals surface area contributed by atoms with Gasteiger partial charge in [-0.3, -0.25) is 9.48 Å². The summed E-state index contributed by atoms with van der Waals surface area (Å²) in [6.45, 7) is 0. The van der Waals surface area contributed by atoms with Gasteiger partial charge in [0.15, 0.2) is 5.78 Å². The molecule has 1 aliphatic rings. The number of hydrogen-bond donors (Lipinski definition) is 1. The van der Waals surface area contributed by atoms with Crippen molar-refractivity contribution >= 4 is 5.78 Å². The maximum Gasteiger partial charge on any atom is 0.195 e. The van der Waals surface area contributed by atoms with Gasteiger partial charge in [-0.25, -0.2) is 0 Å². The Morgan fingerprint density at radius 3 is 3.08 bits per heavy atom. The van der Waals surface area contributed by atoms with E-state index in [1.165, 1.54) is 0 Å². The van der Waals surface area contributed by atoms with Gasteiger partial charge in [-0.15, -0.1) is 0 Å². The van der Waals surface area contributed by atoms with Gasteiger partial charge in [-0.2, -0.15) is 5.10 Å². The van der Waals surface area contributed by atoms with Gasteiger partial charge in [0.25, 0.3) is 0 Å². The molecule has 1 heterocycles. The third kappa shape index (κ3) is 1.06. The Hall–Kier alpha value is -1.58. The Labute approximate surface area is 75.5 Å². The van der Waals surface area contributed by atoms with Crippen LogP contribution in [0.3, 0.4) is 0 Å². The number of rotatable bonds is 0. The zero-order valence-corrected chi connectivity index (χ0v) is 7.32. The second kappa shape index (κ2) is 2.73. The quantitative estimate of drug-likeness (QED) is 0.476. The van der Waals surface area contributed by atoms with E-state index in [0.29, 0.717) is 17.6 Å². The van der Waals surface area contributed by atoms with Gasteiger partial charge in [0.1, 0.15) is 0 Å². The molecule has 1 aromatic heterocycles. The number of hydrogen-bond acceptors (Lipinski definition) is 3. The van der Waals surface area contributed by atoms with Gasteiger partial charge in [0, 0.05) is 18.3 Å². The van der Waals surface area contributed by atoms with E-state index in [1.54, 1.807) is 10.9 Å². The summed E-state index contributed by atoms with van der Waals surface area (Å²) in [7, 11) is 1.82. The SMILES string of the molecule is Cn1ncc2c1CCC(=CO)C2=O. The van der Waals surface area contributed by atoms with Crippen molar-refractivity contribution in [3.8, 4) is 0 Å². The molecule has 0 aliphatic heterocycles. The highest BCUT2D eigenvalue weighted by Crippen LogP contribution is 2.23. The second-order valence-electron chi connectivity index (χ2n) is 3.11. The minimum Gasteiger partial charge on any atom is -0.515 e. The Morgan fingerprint density at radius 1 is 1.62 bits per heavy atom. The fraction of sp³-hybridized carbons (Fsp3) is 0.333. The molecule has 0 unspecified atom stereocenters. The highest BCUT2D eigenvalue weighted by Gasteiger charge is 2.24. The predicted molar refractivity (Wildman–Crippen MR) is 46.6 cm³/mol. The number of aliphatic hydroxyl groups is 1. The molecule has 0 bridgehead atoms. The van der Waals surface area contributed by atoms with E-state index in [2.05, 4.69) is 5.10 Å². The van der Waals surface area contributed by atoms with Crippen molar-refractivity contribution in [2.45, 2.75) is 12.8 Å².